The molecule has 84 valence electrons. The van der Waals surface area contributed by atoms with Gasteiger partial charge in [-0.1, -0.05) is 28.1 Å². The fourth-order valence-electron chi connectivity index (χ4n) is 1.55. The van der Waals surface area contributed by atoms with E-state index in [2.05, 4.69) is 65.4 Å². The first-order valence-electron chi connectivity index (χ1n) is 5.20. The highest BCUT2D eigenvalue weighted by atomic mass is 79.9. The molecule has 0 amide bonds. The molecule has 0 aliphatic rings. The molecule has 1 N–H and O–H groups in total. The second-order valence-electron chi connectivity index (χ2n) is 4.17. The molecule has 1 rings (SSSR count). The molecule has 0 fully saturated rings. The second kappa shape index (κ2) is 6.26. The Hall–Kier alpha value is -0.380. The summed E-state index contributed by atoms with van der Waals surface area (Å²) in [4.78, 5) is 2.19. The summed E-state index contributed by atoms with van der Waals surface area (Å²) in [6, 6.07) is 8.92. The lowest BCUT2D eigenvalue weighted by Gasteiger charge is -2.18. The van der Waals surface area contributed by atoms with E-state index < -0.39 is 0 Å². The van der Waals surface area contributed by atoms with Crippen molar-refractivity contribution >= 4 is 15.9 Å². The zero-order valence-corrected chi connectivity index (χ0v) is 11.2. The van der Waals surface area contributed by atoms with Gasteiger partial charge >= 0.3 is 0 Å². The Labute approximate surface area is 101 Å². The van der Waals surface area contributed by atoms with Gasteiger partial charge in [0.15, 0.2) is 0 Å². The average Bonchev–Trinajstić information content (AvgIpc) is 2.14. The summed E-state index contributed by atoms with van der Waals surface area (Å²) >= 11 is 3.47. The Morgan fingerprint density at radius 1 is 1.40 bits per heavy atom. The third-order valence-electron chi connectivity index (χ3n) is 2.18. The topological polar surface area (TPSA) is 15.3 Å². The number of hydrogen-bond acceptors (Lipinski definition) is 2. The van der Waals surface area contributed by atoms with Crippen molar-refractivity contribution < 1.29 is 0 Å². The van der Waals surface area contributed by atoms with E-state index in [9.17, 15) is 0 Å². The van der Waals surface area contributed by atoms with E-state index in [1.807, 2.05) is 6.07 Å². The minimum absolute atomic E-state index is 0.513. The fraction of sp³-hybridized carbons (Fsp3) is 0.500. The van der Waals surface area contributed by atoms with E-state index >= 15 is 0 Å². The van der Waals surface area contributed by atoms with E-state index in [-0.39, 0.29) is 0 Å². The number of hydrogen-bond donors (Lipinski definition) is 1. The summed E-state index contributed by atoms with van der Waals surface area (Å²) < 4.78 is 1.14. The summed E-state index contributed by atoms with van der Waals surface area (Å²) in [6.07, 6.45) is 0. The summed E-state index contributed by atoms with van der Waals surface area (Å²) in [5, 5.41) is 3.49. The van der Waals surface area contributed by atoms with E-state index in [4.69, 9.17) is 0 Å². The Bertz CT molecular complexity index is 299. The molecule has 0 bridgehead atoms. The van der Waals surface area contributed by atoms with Crippen molar-refractivity contribution in [3.05, 3.63) is 34.3 Å². The fourth-order valence-corrected chi connectivity index (χ4v) is 2.00. The second-order valence-corrected chi connectivity index (χ2v) is 5.09. The predicted molar refractivity (Wildman–Crippen MR) is 69.0 cm³/mol. The van der Waals surface area contributed by atoms with Crippen LogP contribution in [0.4, 0.5) is 0 Å². The number of benzene rings is 1. The predicted octanol–water partition coefficient (Wildman–Crippen LogP) is 2.49. The van der Waals surface area contributed by atoms with Crippen molar-refractivity contribution in [2.75, 3.05) is 20.6 Å². The van der Waals surface area contributed by atoms with Crippen molar-refractivity contribution in [3.8, 4) is 0 Å². The van der Waals surface area contributed by atoms with Crippen LogP contribution in [0.2, 0.25) is 0 Å². The molecule has 0 radical (unpaired) electrons. The van der Waals surface area contributed by atoms with Crippen molar-refractivity contribution in [2.24, 2.45) is 0 Å². The molecule has 0 heterocycles. The van der Waals surface area contributed by atoms with Gasteiger partial charge in [-0.3, -0.25) is 0 Å². The van der Waals surface area contributed by atoms with Crippen LogP contribution in [0.5, 0.6) is 0 Å². The normalized spacial score (nSPS) is 13.1. The van der Waals surface area contributed by atoms with Crippen molar-refractivity contribution in [1.29, 1.82) is 0 Å². The maximum Gasteiger partial charge on any atom is 0.0208 e. The van der Waals surface area contributed by atoms with Crippen LogP contribution in [0.15, 0.2) is 28.7 Å². The van der Waals surface area contributed by atoms with Crippen LogP contribution in [-0.2, 0) is 6.54 Å². The SMILES string of the molecule is CC(CN(C)C)NCc1cccc(Br)c1. The van der Waals surface area contributed by atoms with Crippen molar-refractivity contribution in [1.82, 2.24) is 10.2 Å². The van der Waals surface area contributed by atoms with E-state index in [1.165, 1.54) is 5.56 Å². The quantitative estimate of drug-likeness (QED) is 0.885. The molecular formula is C12H19BrN2. The third-order valence-corrected chi connectivity index (χ3v) is 2.68. The molecule has 2 nitrogen and oxygen atoms in total. The molecule has 0 saturated carbocycles. The molecule has 0 aliphatic heterocycles. The van der Waals surface area contributed by atoms with Crippen LogP contribution in [0.3, 0.4) is 0 Å². The molecule has 3 heteroatoms. The molecule has 1 atom stereocenters. The zero-order valence-electron chi connectivity index (χ0n) is 9.63. The van der Waals surface area contributed by atoms with Crippen LogP contribution in [0, 0.1) is 0 Å². The highest BCUT2D eigenvalue weighted by Crippen LogP contribution is 2.11. The van der Waals surface area contributed by atoms with Crippen molar-refractivity contribution in [2.45, 2.75) is 19.5 Å². The van der Waals surface area contributed by atoms with Gasteiger partial charge in [-0.15, -0.1) is 0 Å². The average molecular weight is 271 g/mol. The Morgan fingerprint density at radius 3 is 2.73 bits per heavy atom. The van der Waals surface area contributed by atoms with Gasteiger partial charge in [0.1, 0.15) is 0 Å². The number of rotatable bonds is 5. The molecule has 0 aromatic heterocycles. The molecule has 15 heavy (non-hydrogen) atoms. The Morgan fingerprint density at radius 2 is 2.13 bits per heavy atom. The van der Waals surface area contributed by atoms with Gasteiger partial charge in [0, 0.05) is 23.6 Å². The van der Waals surface area contributed by atoms with Crippen LogP contribution < -0.4 is 5.32 Å². The summed E-state index contributed by atoms with van der Waals surface area (Å²) in [7, 11) is 4.19. The lowest BCUT2D eigenvalue weighted by atomic mass is 10.2. The maximum atomic E-state index is 3.49. The molecule has 0 saturated heterocycles. The summed E-state index contributed by atoms with van der Waals surface area (Å²) in [6.45, 7) is 4.19. The zero-order chi connectivity index (χ0) is 11.3. The lowest BCUT2D eigenvalue weighted by Crippen LogP contribution is -2.35. The van der Waals surface area contributed by atoms with Crippen LogP contribution in [0.1, 0.15) is 12.5 Å². The van der Waals surface area contributed by atoms with Gasteiger partial charge in [0.2, 0.25) is 0 Å². The summed E-state index contributed by atoms with van der Waals surface area (Å²) in [5.74, 6) is 0. The van der Waals surface area contributed by atoms with E-state index in [0.717, 1.165) is 17.6 Å². The largest absolute Gasteiger partial charge is 0.309 e. The smallest absolute Gasteiger partial charge is 0.0208 e. The molecule has 1 aromatic carbocycles. The lowest BCUT2D eigenvalue weighted by molar-refractivity contribution is 0.349. The number of likely N-dealkylation sites (N-methyl/N-ethyl adjacent to an activating group) is 1. The standard InChI is InChI=1S/C12H19BrN2/c1-10(9-15(2)3)14-8-11-5-4-6-12(13)7-11/h4-7,10,14H,8-9H2,1-3H3. The highest BCUT2D eigenvalue weighted by molar-refractivity contribution is 9.10. The minimum atomic E-state index is 0.513. The Balaban J connectivity index is 2.36. The monoisotopic (exact) mass is 270 g/mol. The third kappa shape index (κ3) is 5.30. The minimum Gasteiger partial charge on any atom is -0.309 e. The molecule has 0 aliphatic carbocycles. The summed E-state index contributed by atoms with van der Waals surface area (Å²) in [5.41, 5.74) is 1.31. The van der Waals surface area contributed by atoms with Gasteiger partial charge in [0.05, 0.1) is 0 Å². The first-order valence-corrected chi connectivity index (χ1v) is 6.00. The maximum absolute atomic E-state index is 3.49. The number of halogens is 1. The first kappa shape index (κ1) is 12.7. The van der Waals surface area contributed by atoms with Crippen LogP contribution in [-0.4, -0.2) is 31.6 Å². The van der Waals surface area contributed by atoms with Gasteiger partial charge in [0.25, 0.3) is 0 Å². The van der Waals surface area contributed by atoms with Crippen LogP contribution >= 0.6 is 15.9 Å². The molecule has 0 spiro atoms. The molecule has 1 unspecified atom stereocenters. The highest BCUT2D eigenvalue weighted by Gasteiger charge is 2.02. The first-order chi connectivity index (χ1) is 7.08. The number of nitrogens with zero attached hydrogens (tertiary/aromatic N) is 1. The van der Waals surface area contributed by atoms with Crippen LogP contribution in [0.25, 0.3) is 0 Å². The van der Waals surface area contributed by atoms with E-state index in [1.54, 1.807) is 0 Å². The van der Waals surface area contributed by atoms with Gasteiger partial charge in [-0.05, 0) is 38.7 Å². The van der Waals surface area contributed by atoms with E-state index in [0.29, 0.717) is 6.04 Å². The van der Waals surface area contributed by atoms with Gasteiger partial charge in [-0.2, -0.15) is 0 Å². The Kier molecular flexibility index (Phi) is 5.29. The van der Waals surface area contributed by atoms with Gasteiger partial charge in [-0.25, -0.2) is 0 Å². The van der Waals surface area contributed by atoms with Crippen molar-refractivity contribution in [3.63, 3.8) is 0 Å². The van der Waals surface area contributed by atoms with Gasteiger partial charge < -0.3 is 10.2 Å². The number of nitrogens with one attached hydrogen (secondary N) is 1. The molecule has 1 aromatic rings. The molecular weight excluding hydrogens is 252 g/mol.